The highest BCUT2D eigenvalue weighted by molar-refractivity contribution is 6.05. The first-order chi connectivity index (χ1) is 15.6. The van der Waals surface area contributed by atoms with Crippen molar-refractivity contribution < 1.29 is 59.9 Å². The molecule has 0 bridgehead atoms. The highest BCUT2D eigenvalue weighted by Crippen LogP contribution is 2.44. The first kappa shape index (κ1) is 23.0. The Hall–Kier alpha value is -3.13. The molecular weight excluding hydrogens is 444 g/mol. The zero-order valence-electron chi connectivity index (χ0n) is 16.8. The third kappa shape index (κ3) is 4.04. The molecule has 2 aliphatic heterocycles. The Morgan fingerprint density at radius 3 is 2.27 bits per heavy atom. The van der Waals surface area contributed by atoms with Crippen LogP contribution >= 0.6 is 0 Å². The third-order valence-electron chi connectivity index (χ3n) is 5.56. The highest BCUT2D eigenvalue weighted by Gasteiger charge is 2.49. The predicted molar refractivity (Wildman–Crippen MR) is 106 cm³/mol. The van der Waals surface area contributed by atoms with Crippen molar-refractivity contribution in [3.05, 3.63) is 41.5 Å². The van der Waals surface area contributed by atoms with Gasteiger partial charge in [0.15, 0.2) is 30.0 Å². The largest absolute Gasteiger partial charge is 0.508 e. The molecule has 2 aliphatic rings. The van der Waals surface area contributed by atoms with Crippen molar-refractivity contribution >= 4 is 5.78 Å². The number of aliphatic hydroxyl groups excluding tert-OH is 4. The molecule has 0 aromatic heterocycles. The molecule has 0 radical (unpaired) electrons. The number of ketones is 1. The van der Waals surface area contributed by atoms with Gasteiger partial charge in [-0.1, -0.05) is 6.07 Å². The Bertz CT molecular complexity index is 1050. The van der Waals surface area contributed by atoms with Crippen molar-refractivity contribution in [2.75, 3.05) is 6.61 Å². The normalized spacial score (nSPS) is 31.6. The van der Waals surface area contributed by atoms with E-state index in [4.69, 9.17) is 14.2 Å². The number of hydrogen-bond acceptors (Lipinski definition) is 12. The van der Waals surface area contributed by atoms with Gasteiger partial charge in [0.05, 0.1) is 6.61 Å². The molecule has 0 aliphatic carbocycles. The van der Waals surface area contributed by atoms with E-state index in [0.29, 0.717) is 0 Å². The first-order valence-electron chi connectivity index (χ1n) is 9.87. The third-order valence-corrected chi connectivity index (χ3v) is 5.56. The molecule has 12 heteroatoms. The maximum Gasteiger partial charge on any atom is 0.203 e. The van der Waals surface area contributed by atoms with Crippen LogP contribution in [0.1, 0.15) is 22.0 Å². The van der Waals surface area contributed by atoms with Gasteiger partial charge in [0.1, 0.15) is 47.2 Å². The Morgan fingerprint density at radius 2 is 1.61 bits per heavy atom. The summed E-state index contributed by atoms with van der Waals surface area (Å²) in [5, 5.41) is 79.2. The van der Waals surface area contributed by atoms with E-state index in [1.165, 1.54) is 6.07 Å². The van der Waals surface area contributed by atoms with Crippen LogP contribution in [0.25, 0.3) is 0 Å². The molecule has 2 aromatic carbocycles. The van der Waals surface area contributed by atoms with Crippen molar-refractivity contribution in [3.8, 4) is 28.7 Å². The Labute approximate surface area is 186 Å². The fourth-order valence-electron chi connectivity index (χ4n) is 3.82. The van der Waals surface area contributed by atoms with Gasteiger partial charge in [0, 0.05) is 12.1 Å². The molecule has 2 heterocycles. The van der Waals surface area contributed by atoms with E-state index in [0.717, 1.165) is 24.3 Å². The number of carbonyl (C=O) groups is 1. The van der Waals surface area contributed by atoms with Crippen molar-refractivity contribution in [1.82, 2.24) is 0 Å². The van der Waals surface area contributed by atoms with Gasteiger partial charge in [-0.05, 0) is 17.7 Å². The number of phenols is 4. The van der Waals surface area contributed by atoms with E-state index in [9.17, 15) is 45.6 Å². The van der Waals surface area contributed by atoms with Crippen LogP contribution in [-0.2, 0) is 9.47 Å². The average molecular weight is 466 g/mol. The fraction of sp³-hybridized carbons (Fsp3) is 0.381. The molecule has 33 heavy (non-hydrogen) atoms. The minimum atomic E-state index is -1.82. The molecule has 178 valence electrons. The second-order valence-electron chi connectivity index (χ2n) is 7.74. The molecule has 0 spiro atoms. The van der Waals surface area contributed by atoms with Crippen LogP contribution in [0.4, 0.5) is 0 Å². The number of fused-ring (bicyclic) bond motifs is 1. The molecule has 1 fully saturated rings. The summed E-state index contributed by atoms with van der Waals surface area (Å²) < 4.78 is 16.7. The summed E-state index contributed by atoms with van der Waals surface area (Å²) >= 11 is 0. The van der Waals surface area contributed by atoms with Gasteiger partial charge >= 0.3 is 0 Å². The summed E-state index contributed by atoms with van der Waals surface area (Å²) in [5.74, 6) is -3.00. The minimum absolute atomic E-state index is 0.140. The molecule has 2 aromatic rings. The minimum Gasteiger partial charge on any atom is -0.508 e. The Kier molecular flexibility index (Phi) is 6.05. The SMILES string of the molecule is O=C1c2c(O)cc(O)cc2O[C@H](c2ccc(O)c(O)c2)[C@@H]1O[C@H]1O[C@H](CO)[C@H](O)[C@H](O)[C@H]1O. The summed E-state index contributed by atoms with van der Waals surface area (Å²) in [6, 6.07) is 5.57. The summed E-state index contributed by atoms with van der Waals surface area (Å²) in [4.78, 5) is 13.3. The monoisotopic (exact) mass is 466 g/mol. The standard InChI is InChI=1S/C21H22O12/c22-6-13-15(27)17(29)18(30)21(32-13)33-20-16(28)14-11(26)4-8(23)5-12(14)31-19(20)7-1-2-9(24)10(25)3-7/h1-5,13,15,17-27,29-30H,6H2/t13-,15+,17+,18-,19-,20-,21-/m1/s1. The molecule has 0 saturated carbocycles. The van der Waals surface area contributed by atoms with Crippen LogP contribution in [0, 0.1) is 0 Å². The number of carbonyl (C=O) groups excluding carboxylic acids is 1. The van der Waals surface area contributed by atoms with E-state index < -0.39 is 72.6 Å². The lowest BCUT2D eigenvalue weighted by atomic mass is 9.92. The van der Waals surface area contributed by atoms with E-state index >= 15 is 0 Å². The first-order valence-corrected chi connectivity index (χ1v) is 9.87. The Balaban J connectivity index is 1.75. The van der Waals surface area contributed by atoms with Gasteiger partial charge in [0.2, 0.25) is 5.78 Å². The smallest absolute Gasteiger partial charge is 0.203 e. The number of benzene rings is 2. The van der Waals surface area contributed by atoms with E-state index in [-0.39, 0.29) is 22.6 Å². The molecule has 8 N–H and O–H groups in total. The van der Waals surface area contributed by atoms with Crippen LogP contribution in [0.2, 0.25) is 0 Å². The molecule has 7 atom stereocenters. The van der Waals surface area contributed by atoms with Gasteiger partial charge < -0.3 is 55.1 Å². The molecule has 4 rings (SSSR count). The van der Waals surface area contributed by atoms with Crippen LogP contribution in [0.5, 0.6) is 28.7 Å². The van der Waals surface area contributed by atoms with Crippen molar-refractivity contribution in [2.45, 2.75) is 42.9 Å². The predicted octanol–water partition coefficient (Wildman–Crippen LogP) is -0.990. The summed E-state index contributed by atoms with van der Waals surface area (Å²) in [6.07, 6.45) is -11.2. The second-order valence-corrected chi connectivity index (χ2v) is 7.74. The number of hydrogen-bond donors (Lipinski definition) is 8. The number of phenolic OH excluding ortho intramolecular Hbond substituents is 4. The maximum absolute atomic E-state index is 13.3. The average Bonchev–Trinajstić information content (AvgIpc) is 2.76. The molecule has 0 amide bonds. The van der Waals surface area contributed by atoms with E-state index in [2.05, 4.69) is 0 Å². The molecule has 1 saturated heterocycles. The number of aromatic hydroxyl groups is 4. The fourth-order valence-corrected chi connectivity index (χ4v) is 3.82. The number of Topliss-reactive ketones (excluding diaryl/α,β-unsaturated/α-hetero) is 1. The lowest BCUT2D eigenvalue weighted by Crippen LogP contribution is -2.60. The molecule has 12 nitrogen and oxygen atoms in total. The van der Waals surface area contributed by atoms with Gasteiger partial charge in [-0.2, -0.15) is 0 Å². The topological polar surface area (TPSA) is 207 Å². The van der Waals surface area contributed by atoms with Crippen molar-refractivity contribution in [3.63, 3.8) is 0 Å². The number of ether oxygens (including phenoxy) is 3. The van der Waals surface area contributed by atoms with Crippen LogP contribution in [-0.4, -0.2) is 90.1 Å². The second kappa shape index (κ2) is 8.67. The van der Waals surface area contributed by atoms with Gasteiger partial charge in [-0.15, -0.1) is 0 Å². The van der Waals surface area contributed by atoms with Gasteiger partial charge in [-0.3, -0.25) is 4.79 Å². The highest BCUT2D eigenvalue weighted by atomic mass is 16.7. The summed E-state index contributed by atoms with van der Waals surface area (Å²) in [6.45, 7) is -0.724. The quantitative estimate of drug-likeness (QED) is 0.256. The van der Waals surface area contributed by atoms with E-state index in [1.54, 1.807) is 0 Å². The van der Waals surface area contributed by atoms with Gasteiger partial charge in [0.25, 0.3) is 0 Å². The zero-order valence-corrected chi connectivity index (χ0v) is 16.8. The maximum atomic E-state index is 13.3. The zero-order chi connectivity index (χ0) is 24.0. The van der Waals surface area contributed by atoms with Crippen LogP contribution < -0.4 is 4.74 Å². The van der Waals surface area contributed by atoms with E-state index in [1.807, 2.05) is 0 Å². The van der Waals surface area contributed by atoms with Crippen molar-refractivity contribution in [1.29, 1.82) is 0 Å². The van der Waals surface area contributed by atoms with Crippen molar-refractivity contribution in [2.24, 2.45) is 0 Å². The molecular formula is C21H22O12. The lowest BCUT2D eigenvalue weighted by molar-refractivity contribution is -0.311. The van der Waals surface area contributed by atoms with Crippen LogP contribution in [0.3, 0.4) is 0 Å². The number of aliphatic hydroxyl groups is 4. The molecule has 0 unspecified atom stereocenters. The van der Waals surface area contributed by atoms with Crippen LogP contribution in [0.15, 0.2) is 30.3 Å². The Morgan fingerprint density at radius 1 is 0.879 bits per heavy atom. The summed E-state index contributed by atoms with van der Waals surface area (Å²) in [5.41, 5.74) is -0.191. The lowest BCUT2D eigenvalue weighted by Gasteiger charge is -2.42. The number of rotatable bonds is 4. The van der Waals surface area contributed by atoms with Gasteiger partial charge in [-0.25, -0.2) is 0 Å². The summed E-state index contributed by atoms with van der Waals surface area (Å²) in [7, 11) is 0.